The van der Waals surface area contributed by atoms with Gasteiger partial charge in [-0.15, -0.1) is 0 Å². The van der Waals surface area contributed by atoms with Crippen molar-refractivity contribution in [2.24, 2.45) is 5.41 Å². The third kappa shape index (κ3) is 2.29. The zero-order valence-electron chi connectivity index (χ0n) is 10.4. The van der Waals surface area contributed by atoms with E-state index in [0.717, 1.165) is 5.69 Å². The molecular formula is C13H15ClFNO2. The lowest BCUT2D eigenvalue weighted by atomic mass is 9.90. The summed E-state index contributed by atoms with van der Waals surface area (Å²) in [6.07, 6.45) is 0.698. The fourth-order valence-corrected chi connectivity index (χ4v) is 2.39. The summed E-state index contributed by atoms with van der Waals surface area (Å²) in [5, 5.41) is 0.105. The average Bonchev–Trinajstić information content (AvgIpc) is 2.76. The van der Waals surface area contributed by atoms with Crippen LogP contribution >= 0.6 is 11.6 Å². The lowest BCUT2D eigenvalue weighted by molar-refractivity contribution is -0.150. The quantitative estimate of drug-likeness (QED) is 0.775. The second-order valence-corrected chi connectivity index (χ2v) is 5.23. The van der Waals surface area contributed by atoms with E-state index in [1.54, 1.807) is 6.07 Å². The van der Waals surface area contributed by atoms with Gasteiger partial charge in [-0.25, -0.2) is 4.39 Å². The number of nitrogens with zero attached hydrogens (tertiary/aromatic N) is 1. The van der Waals surface area contributed by atoms with E-state index >= 15 is 0 Å². The van der Waals surface area contributed by atoms with E-state index in [2.05, 4.69) is 0 Å². The summed E-state index contributed by atoms with van der Waals surface area (Å²) < 4.78 is 18.2. The van der Waals surface area contributed by atoms with Crippen molar-refractivity contribution in [2.45, 2.75) is 13.3 Å². The fourth-order valence-electron chi connectivity index (χ4n) is 2.28. The van der Waals surface area contributed by atoms with E-state index in [1.165, 1.54) is 19.2 Å². The van der Waals surface area contributed by atoms with Crippen LogP contribution in [-0.2, 0) is 9.53 Å². The highest BCUT2D eigenvalue weighted by molar-refractivity contribution is 6.30. The molecule has 1 fully saturated rings. The number of ether oxygens (including phenoxy) is 1. The fraction of sp³-hybridized carbons (Fsp3) is 0.462. The van der Waals surface area contributed by atoms with Crippen molar-refractivity contribution < 1.29 is 13.9 Å². The molecule has 1 aliphatic rings. The molecule has 3 nitrogen and oxygen atoms in total. The van der Waals surface area contributed by atoms with Crippen molar-refractivity contribution in [2.75, 3.05) is 25.1 Å². The Bertz CT molecular complexity index is 480. The standard InChI is InChI=1S/C13H15ClFNO2/c1-13(12(17)18-2)5-6-16(8-13)9-3-4-10(14)11(15)7-9/h3-4,7H,5-6,8H2,1-2H3/t13-/m0/s1. The van der Waals surface area contributed by atoms with Crippen molar-refractivity contribution in [1.82, 2.24) is 0 Å². The number of hydrogen-bond donors (Lipinski definition) is 0. The number of carbonyl (C=O) groups excluding carboxylic acids is 1. The van der Waals surface area contributed by atoms with Crippen molar-refractivity contribution in [3.63, 3.8) is 0 Å². The number of hydrogen-bond acceptors (Lipinski definition) is 3. The number of halogens is 2. The number of carbonyl (C=O) groups is 1. The second-order valence-electron chi connectivity index (χ2n) is 4.82. The molecule has 1 aromatic carbocycles. The molecule has 5 heteroatoms. The van der Waals surface area contributed by atoms with Crippen LogP contribution < -0.4 is 4.90 Å². The first-order chi connectivity index (χ1) is 8.46. The Hall–Kier alpha value is -1.29. The molecule has 18 heavy (non-hydrogen) atoms. The Balaban J connectivity index is 2.18. The Morgan fingerprint density at radius 1 is 1.56 bits per heavy atom. The Kier molecular flexibility index (Phi) is 3.48. The number of benzene rings is 1. The lowest BCUT2D eigenvalue weighted by Gasteiger charge is -2.23. The molecular weight excluding hydrogens is 257 g/mol. The lowest BCUT2D eigenvalue weighted by Crippen LogP contribution is -2.32. The molecule has 1 atom stereocenters. The molecule has 1 aliphatic heterocycles. The summed E-state index contributed by atoms with van der Waals surface area (Å²) in [5.41, 5.74) is 0.217. The molecule has 1 saturated heterocycles. The number of rotatable bonds is 2. The Morgan fingerprint density at radius 2 is 2.28 bits per heavy atom. The predicted molar refractivity (Wildman–Crippen MR) is 68.4 cm³/mol. The SMILES string of the molecule is COC(=O)[C@@]1(C)CCN(c2ccc(Cl)c(F)c2)C1. The van der Waals surface area contributed by atoms with Crippen LogP contribution in [0.1, 0.15) is 13.3 Å². The zero-order chi connectivity index (χ0) is 13.3. The number of esters is 1. The van der Waals surface area contributed by atoms with Gasteiger partial charge < -0.3 is 9.64 Å². The first kappa shape index (κ1) is 13.1. The average molecular weight is 272 g/mol. The van der Waals surface area contributed by atoms with E-state index < -0.39 is 11.2 Å². The van der Waals surface area contributed by atoms with Crippen molar-refractivity contribution >= 4 is 23.3 Å². The summed E-state index contributed by atoms with van der Waals surface area (Å²) in [5.74, 6) is -0.666. The van der Waals surface area contributed by atoms with Gasteiger partial charge in [-0.05, 0) is 31.5 Å². The Morgan fingerprint density at radius 3 is 2.89 bits per heavy atom. The van der Waals surface area contributed by atoms with Gasteiger partial charge in [0.25, 0.3) is 0 Å². The summed E-state index contributed by atoms with van der Waals surface area (Å²) >= 11 is 5.65. The molecule has 0 aliphatic carbocycles. The third-order valence-electron chi connectivity index (χ3n) is 3.42. The zero-order valence-corrected chi connectivity index (χ0v) is 11.1. The summed E-state index contributed by atoms with van der Waals surface area (Å²) in [7, 11) is 1.39. The van der Waals surface area contributed by atoms with Crippen molar-refractivity contribution in [1.29, 1.82) is 0 Å². The highest BCUT2D eigenvalue weighted by atomic mass is 35.5. The second kappa shape index (κ2) is 4.76. The topological polar surface area (TPSA) is 29.5 Å². The molecule has 1 aromatic rings. The molecule has 0 saturated carbocycles. The maximum absolute atomic E-state index is 13.4. The monoisotopic (exact) mass is 271 g/mol. The van der Waals surface area contributed by atoms with Gasteiger partial charge in [-0.2, -0.15) is 0 Å². The van der Waals surface area contributed by atoms with Crippen LogP contribution in [-0.4, -0.2) is 26.2 Å². The van der Waals surface area contributed by atoms with Crippen LogP contribution in [0.5, 0.6) is 0 Å². The van der Waals surface area contributed by atoms with Crippen LogP contribution in [0.3, 0.4) is 0 Å². The van der Waals surface area contributed by atoms with Gasteiger partial charge in [-0.1, -0.05) is 11.6 Å². The van der Waals surface area contributed by atoms with Crippen molar-refractivity contribution in [3.05, 3.63) is 29.0 Å². The molecule has 0 amide bonds. The highest BCUT2D eigenvalue weighted by Gasteiger charge is 2.41. The molecule has 0 spiro atoms. The van der Waals surface area contributed by atoms with E-state index in [0.29, 0.717) is 19.5 Å². The minimum Gasteiger partial charge on any atom is -0.469 e. The normalized spacial score (nSPS) is 23.2. The molecule has 0 unspecified atom stereocenters. The van der Waals surface area contributed by atoms with Gasteiger partial charge in [0.05, 0.1) is 17.5 Å². The molecule has 1 heterocycles. The maximum Gasteiger partial charge on any atom is 0.313 e. The molecule has 0 bridgehead atoms. The van der Waals surface area contributed by atoms with Crippen LogP contribution in [0, 0.1) is 11.2 Å². The number of methoxy groups -OCH3 is 1. The van der Waals surface area contributed by atoms with Gasteiger partial charge in [0.1, 0.15) is 5.82 Å². The van der Waals surface area contributed by atoms with E-state index in [-0.39, 0.29) is 11.0 Å². The highest BCUT2D eigenvalue weighted by Crippen LogP contribution is 2.35. The Labute approximate surface area is 110 Å². The largest absolute Gasteiger partial charge is 0.469 e. The molecule has 0 N–H and O–H groups in total. The third-order valence-corrected chi connectivity index (χ3v) is 3.73. The van der Waals surface area contributed by atoms with Gasteiger partial charge in [-0.3, -0.25) is 4.79 Å². The summed E-state index contributed by atoms with van der Waals surface area (Å²) in [6, 6.07) is 4.68. The van der Waals surface area contributed by atoms with Gasteiger partial charge in [0, 0.05) is 18.8 Å². The first-order valence-corrected chi connectivity index (χ1v) is 6.12. The predicted octanol–water partition coefficient (Wildman–Crippen LogP) is 2.87. The minimum absolute atomic E-state index is 0.105. The smallest absolute Gasteiger partial charge is 0.313 e. The molecule has 0 radical (unpaired) electrons. The summed E-state index contributed by atoms with van der Waals surface area (Å²) in [4.78, 5) is 13.7. The minimum atomic E-state index is -0.523. The summed E-state index contributed by atoms with van der Waals surface area (Å²) in [6.45, 7) is 3.10. The maximum atomic E-state index is 13.4. The first-order valence-electron chi connectivity index (χ1n) is 5.75. The van der Waals surface area contributed by atoms with Crippen LogP contribution in [0.15, 0.2) is 18.2 Å². The van der Waals surface area contributed by atoms with E-state index in [4.69, 9.17) is 16.3 Å². The molecule has 98 valence electrons. The molecule has 0 aromatic heterocycles. The van der Waals surface area contributed by atoms with E-state index in [1.807, 2.05) is 11.8 Å². The van der Waals surface area contributed by atoms with Gasteiger partial charge >= 0.3 is 5.97 Å². The number of anilines is 1. The van der Waals surface area contributed by atoms with Crippen LogP contribution in [0.4, 0.5) is 10.1 Å². The van der Waals surface area contributed by atoms with Crippen LogP contribution in [0.2, 0.25) is 5.02 Å². The van der Waals surface area contributed by atoms with E-state index in [9.17, 15) is 9.18 Å². The van der Waals surface area contributed by atoms with Gasteiger partial charge in [0.15, 0.2) is 0 Å². The van der Waals surface area contributed by atoms with Gasteiger partial charge in [0.2, 0.25) is 0 Å². The molecule has 2 rings (SSSR count). The van der Waals surface area contributed by atoms with Crippen molar-refractivity contribution in [3.8, 4) is 0 Å². The van der Waals surface area contributed by atoms with Crippen LogP contribution in [0.25, 0.3) is 0 Å².